The molecule has 30 heavy (non-hydrogen) atoms. The normalized spacial score (nSPS) is 16.9. The predicted molar refractivity (Wildman–Crippen MR) is 110 cm³/mol. The van der Waals surface area contributed by atoms with Crippen LogP contribution in [0.4, 0.5) is 4.79 Å². The average molecular weight is 418 g/mol. The Morgan fingerprint density at radius 3 is 2.53 bits per heavy atom. The minimum atomic E-state index is -1.20. The number of likely N-dealkylation sites (tertiary alicyclic amines) is 1. The lowest BCUT2D eigenvalue weighted by molar-refractivity contribution is -0.142. The number of nitrogens with one attached hydrogen (secondary N) is 1. The van der Waals surface area contributed by atoms with E-state index in [0.29, 0.717) is 25.8 Å². The molecule has 1 aliphatic heterocycles. The van der Waals surface area contributed by atoms with Crippen LogP contribution in [-0.4, -0.2) is 52.4 Å². The SMILES string of the molecule is CC(C)CC(=O)CC[C@H](NC(=O)C1CCCN1C(=O)OCc1ccccc1)C(=O)O. The fourth-order valence-corrected chi connectivity index (χ4v) is 3.45. The zero-order valence-electron chi connectivity index (χ0n) is 17.5. The van der Waals surface area contributed by atoms with Crippen molar-refractivity contribution in [1.82, 2.24) is 10.2 Å². The standard InChI is InChI=1S/C22H30N2O6/c1-15(2)13-17(25)10-11-18(21(27)28)23-20(26)19-9-6-12-24(19)22(29)30-14-16-7-4-3-5-8-16/h3-5,7-8,15,18-19H,6,9-14H2,1-2H3,(H,23,26)(H,27,28)/t18-,19?/m0/s1. The largest absolute Gasteiger partial charge is 0.480 e. The lowest BCUT2D eigenvalue weighted by atomic mass is 10.0. The number of benzene rings is 1. The summed E-state index contributed by atoms with van der Waals surface area (Å²) in [4.78, 5) is 49.8. The number of aliphatic carboxylic acids is 1. The Labute approximate surface area is 176 Å². The highest BCUT2D eigenvalue weighted by atomic mass is 16.6. The van der Waals surface area contributed by atoms with Crippen LogP contribution in [0, 0.1) is 5.92 Å². The van der Waals surface area contributed by atoms with Crippen molar-refractivity contribution in [2.45, 2.75) is 64.6 Å². The van der Waals surface area contributed by atoms with Gasteiger partial charge in [0.05, 0.1) is 0 Å². The van der Waals surface area contributed by atoms with E-state index in [1.807, 2.05) is 44.2 Å². The van der Waals surface area contributed by atoms with Crippen LogP contribution in [0.2, 0.25) is 0 Å². The Morgan fingerprint density at radius 2 is 1.90 bits per heavy atom. The number of hydrogen-bond donors (Lipinski definition) is 2. The number of ether oxygens (including phenoxy) is 1. The number of carboxylic acid groups (broad SMARTS) is 1. The Kier molecular flexibility index (Phi) is 8.83. The molecule has 0 aromatic heterocycles. The molecular weight excluding hydrogens is 388 g/mol. The smallest absolute Gasteiger partial charge is 0.410 e. The number of carbonyl (C=O) groups is 4. The fraction of sp³-hybridized carbons (Fsp3) is 0.545. The Hall–Kier alpha value is -2.90. The van der Waals surface area contributed by atoms with Crippen LogP contribution >= 0.6 is 0 Å². The zero-order valence-corrected chi connectivity index (χ0v) is 17.5. The van der Waals surface area contributed by atoms with E-state index in [-0.39, 0.29) is 31.1 Å². The summed E-state index contributed by atoms with van der Waals surface area (Å²) in [5.41, 5.74) is 0.836. The molecule has 2 amide bonds. The van der Waals surface area contributed by atoms with E-state index in [4.69, 9.17) is 4.74 Å². The van der Waals surface area contributed by atoms with Gasteiger partial charge in [-0.1, -0.05) is 44.2 Å². The van der Waals surface area contributed by atoms with Crippen LogP contribution in [0.3, 0.4) is 0 Å². The molecule has 1 aromatic carbocycles. The topological polar surface area (TPSA) is 113 Å². The predicted octanol–water partition coefficient (Wildman–Crippen LogP) is 2.75. The lowest BCUT2D eigenvalue weighted by Crippen LogP contribution is -2.51. The highest BCUT2D eigenvalue weighted by Crippen LogP contribution is 2.19. The summed E-state index contributed by atoms with van der Waals surface area (Å²) in [5, 5.41) is 11.9. The summed E-state index contributed by atoms with van der Waals surface area (Å²) in [5.74, 6) is -1.56. The van der Waals surface area contributed by atoms with Gasteiger partial charge in [0.25, 0.3) is 0 Å². The molecule has 0 saturated carbocycles. The van der Waals surface area contributed by atoms with Crippen LogP contribution < -0.4 is 5.32 Å². The summed E-state index contributed by atoms with van der Waals surface area (Å²) >= 11 is 0. The van der Waals surface area contributed by atoms with Gasteiger partial charge in [-0.15, -0.1) is 0 Å². The minimum absolute atomic E-state index is 0.0256. The molecule has 1 unspecified atom stereocenters. The van der Waals surface area contributed by atoms with Gasteiger partial charge in [0, 0.05) is 19.4 Å². The first-order valence-electron chi connectivity index (χ1n) is 10.3. The molecule has 0 radical (unpaired) electrons. The first-order chi connectivity index (χ1) is 14.3. The molecule has 2 rings (SSSR count). The Bertz CT molecular complexity index is 749. The lowest BCUT2D eigenvalue weighted by Gasteiger charge is -2.25. The highest BCUT2D eigenvalue weighted by molar-refractivity contribution is 5.90. The van der Waals surface area contributed by atoms with Gasteiger partial charge in [-0.25, -0.2) is 9.59 Å². The number of carboxylic acids is 1. The van der Waals surface area contributed by atoms with E-state index in [9.17, 15) is 24.3 Å². The van der Waals surface area contributed by atoms with Crippen LogP contribution in [0.1, 0.15) is 51.5 Å². The molecule has 0 bridgehead atoms. The van der Waals surface area contributed by atoms with Gasteiger partial charge in [0.1, 0.15) is 24.5 Å². The van der Waals surface area contributed by atoms with Gasteiger partial charge in [0.15, 0.2) is 0 Å². The number of rotatable bonds is 10. The van der Waals surface area contributed by atoms with Crippen LogP contribution in [-0.2, 0) is 25.7 Å². The van der Waals surface area contributed by atoms with E-state index < -0.39 is 30.1 Å². The molecule has 2 N–H and O–H groups in total. The molecule has 1 heterocycles. The molecule has 8 heteroatoms. The molecule has 1 aromatic rings. The second-order valence-electron chi connectivity index (χ2n) is 7.97. The molecule has 164 valence electrons. The van der Waals surface area contributed by atoms with Gasteiger partial charge in [-0.2, -0.15) is 0 Å². The van der Waals surface area contributed by atoms with Crippen molar-refractivity contribution in [3.63, 3.8) is 0 Å². The molecule has 1 fully saturated rings. The van der Waals surface area contributed by atoms with E-state index in [0.717, 1.165) is 5.56 Å². The maximum absolute atomic E-state index is 12.7. The third-order valence-electron chi connectivity index (χ3n) is 4.96. The van der Waals surface area contributed by atoms with Crippen molar-refractivity contribution in [3.8, 4) is 0 Å². The van der Waals surface area contributed by atoms with Crippen LogP contribution in [0.25, 0.3) is 0 Å². The van der Waals surface area contributed by atoms with Gasteiger partial charge in [-0.3, -0.25) is 14.5 Å². The van der Waals surface area contributed by atoms with Gasteiger partial charge >= 0.3 is 12.1 Å². The summed E-state index contributed by atoms with van der Waals surface area (Å²) in [6.07, 6.45) is 0.953. The van der Waals surface area contributed by atoms with E-state index in [2.05, 4.69) is 5.32 Å². The minimum Gasteiger partial charge on any atom is -0.480 e. The van der Waals surface area contributed by atoms with Crippen molar-refractivity contribution in [1.29, 1.82) is 0 Å². The van der Waals surface area contributed by atoms with Crippen molar-refractivity contribution < 1.29 is 29.0 Å². The van der Waals surface area contributed by atoms with Gasteiger partial charge < -0.3 is 15.2 Å². The average Bonchev–Trinajstić information content (AvgIpc) is 3.19. The first-order valence-corrected chi connectivity index (χ1v) is 10.3. The quantitative estimate of drug-likeness (QED) is 0.604. The summed E-state index contributed by atoms with van der Waals surface area (Å²) in [7, 11) is 0. The van der Waals surface area contributed by atoms with Gasteiger partial charge in [-0.05, 0) is 30.7 Å². The van der Waals surface area contributed by atoms with Crippen molar-refractivity contribution in [3.05, 3.63) is 35.9 Å². The fourth-order valence-electron chi connectivity index (χ4n) is 3.45. The van der Waals surface area contributed by atoms with E-state index in [1.54, 1.807) is 0 Å². The number of hydrogen-bond acceptors (Lipinski definition) is 5. The molecule has 2 atom stereocenters. The molecule has 1 saturated heterocycles. The second kappa shape index (κ2) is 11.3. The maximum atomic E-state index is 12.7. The third-order valence-corrected chi connectivity index (χ3v) is 4.96. The molecule has 0 spiro atoms. The summed E-state index contributed by atoms with van der Waals surface area (Å²) in [6, 6.07) is 7.26. The van der Waals surface area contributed by atoms with E-state index in [1.165, 1.54) is 4.90 Å². The van der Waals surface area contributed by atoms with Crippen molar-refractivity contribution in [2.75, 3.05) is 6.54 Å². The molecule has 8 nitrogen and oxygen atoms in total. The van der Waals surface area contributed by atoms with Crippen LogP contribution in [0.5, 0.6) is 0 Å². The molecule has 0 aliphatic carbocycles. The second-order valence-corrected chi connectivity index (χ2v) is 7.97. The monoisotopic (exact) mass is 418 g/mol. The summed E-state index contributed by atoms with van der Waals surface area (Å²) in [6.45, 7) is 4.30. The molecule has 1 aliphatic rings. The zero-order chi connectivity index (χ0) is 22.1. The van der Waals surface area contributed by atoms with Gasteiger partial charge in [0.2, 0.25) is 5.91 Å². The van der Waals surface area contributed by atoms with Crippen molar-refractivity contribution >= 4 is 23.8 Å². The first kappa shape index (κ1) is 23.4. The highest BCUT2D eigenvalue weighted by Gasteiger charge is 2.36. The number of nitrogens with zero attached hydrogens (tertiary/aromatic N) is 1. The number of ketones is 1. The Balaban J connectivity index is 1.90. The third kappa shape index (κ3) is 7.17. The van der Waals surface area contributed by atoms with E-state index >= 15 is 0 Å². The number of amides is 2. The maximum Gasteiger partial charge on any atom is 0.410 e. The number of Topliss-reactive ketones (excluding diaryl/α,β-unsaturated/α-hetero) is 1. The van der Waals surface area contributed by atoms with Crippen LogP contribution in [0.15, 0.2) is 30.3 Å². The summed E-state index contributed by atoms with van der Waals surface area (Å²) < 4.78 is 5.31. The van der Waals surface area contributed by atoms with Crippen molar-refractivity contribution in [2.24, 2.45) is 5.92 Å². The molecular formula is C22H30N2O6. The number of carbonyl (C=O) groups excluding carboxylic acids is 3. The Morgan fingerprint density at radius 1 is 1.20 bits per heavy atom.